The van der Waals surface area contributed by atoms with Crippen LogP contribution in [0, 0.1) is 41.4 Å². The molecule has 0 radical (unpaired) electrons. The first-order chi connectivity index (χ1) is 59.9. The van der Waals surface area contributed by atoms with Gasteiger partial charge in [-0.15, -0.1) is 10.2 Å². The first-order valence-electron chi connectivity index (χ1n) is 45.7. The number of halogens is 3. The number of aliphatic hydroxyl groups excluding tert-OH is 2. The van der Waals surface area contributed by atoms with Crippen LogP contribution in [0.5, 0.6) is 0 Å². The molecule has 0 bridgehead atoms. The standard InChI is InChI=1S/C93H152F3N11O18S/c1-59-40-41-60(2)75(121-17)48-42-61(3)85(113)65(7)77(125-90(117)74(57-119-15)107(13)14)34-21-18-23-39-82(111)123-76(35-31-32-71(56-59)120-16)64(6)84(112)62(4)43-49-78(124-89(116)67(9)106(11)12)66(8)86(122-68(10)108)63(5)50-55-97-51-30-26-33-72(101-87(114)69-44-46-70(47-45-69)92(104-105-92)93(94,95)96)88(115)100-54-29-20-28-53-99-80(109)37-22-19-27-52-98-81(110)38-25-24-36-79-83-73(58-126-79)102-91(118)103-83/h18,21,23,31-32,39,41,44-47,59,61-67,71-79,83-86,97,112-113H,19-20,22,24-30,33-38,40,42-43,48-58H2,1-17H3,(H,98,110)(H,99,109)(H,100,115)(H,101,114)(H2,102,103,118)/b21-18+,32-31+,39-23+,60-41+/t59-,61-,62+,63-,64-,65-,66+,67+,71+,72+,73+,74+,75+,76+,77?,78-,79+,83+,84+,85-,86-/m1/s1. The van der Waals surface area contributed by atoms with Crippen molar-refractivity contribution in [1.82, 2.24) is 47.0 Å². The van der Waals surface area contributed by atoms with Crippen LogP contribution in [-0.2, 0) is 72.4 Å². The van der Waals surface area contributed by atoms with E-state index in [2.05, 4.69) is 67.4 Å². The van der Waals surface area contributed by atoms with Crippen LogP contribution in [0.2, 0.25) is 0 Å². The number of benzene rings is 1. The van der Waals surface area contributed by atoms with Crippen LogP contribution in [0.25, 0.3) is 0 Å². The third-order valence-corrected chi connectivity index (χ3v) is 26.7. The Labute approximate surface area is 751 Å². The van der Waals surface area contributed by atoms with Crippen LogP contribution in [0.4, 0.5) is 18.0 Å². The lowest BCUT2D eigenvalue weighted by Gasteiger charge is -2.36. The molecule has 4 heterocycles. The summed E-state index contributed by atoms with van der Waals surface area (Å²) in [5.41, 5.74) is -1.81. The van der Waals surface area contributed by atoms with E-state index in [1.165, 1.54) is 38.3 Å². The molecule has 714 valence electrons. The number of esters is 4. The minimum Gasteiger partial charge on any atom is -0.462 e. The number of fused-ring (bicyclic) bond motifs is 1. The Kier molecular flexibility index (Phi) is 49.3. The highest BCUT2D eigenvalue weighted by atomic mass is 32.2. The first kappa shape index (κ1) is 109. The van der Waals surface area contributed by atoms with Crippen LogP contribution in [-0.4, -0.2) is 259 Å². The number of hydrogen-bond acceptors (Lipinski definition) is 24. The molecule has 4 aliphatic rings. The molecule has 0 spiro atoms. The van der Waals surface area contributed by atoms with Gasteiger partial charge in [0.1, 0.15) is 42.5 Å². The Hall–Kier alpha value is -7.37. The van der Waals surface area contributed by atoms with Crippen molar-refractivity contribution in [3.8, 4) is 0 Å². The van der Waals surface area contributed by atoms with Crippen molar-refractivity contribution in [1.29, 1.82) is 0 Å². The zero-order valence-electron chi connectivity index (χ0n) is 77.9. The van der Waals surface area contributed by atoms with Gasteiger partial charge >= 0.3 is 41.7 Å². The summed E-state index contributed by atoms with van der Waals surface area (Å²) in [7, 11) is 11.9. The average molecular weight is 1800 g/mol. The van der Waals surface area contributed by atoms with Crippen molar-refractivity contribution in [3.63, 3.8) is 0 Å². The van der Waals surface area contributed by atoms with Gasteiger partial charge in [-0.05, 0) is 206 Å². The molecule has 33 heteroatoms. The van der Waals surface area contributed by atoms with Crippen LogP contribution in [0.15, 0.2) is 82.6 Å². The number of carbonyl (C=O) groups excluding carboxylic acids is 9. The molecular weight excluding hydrogens is 1650 g/mol. The molecule has 0 aliphatic carbocycles. The van der Waals surface area contributed by atoms with Crippen molar-refractivity contribution in [2.75, 3.05) is 94.6 Å². The number of likely N-dealkylation sites (N-methyl/N-ethyl adjacent to an activating group) is 2. The second-order valence-electron chi connectivity index (χ2n) is 35.7. The largest absolute Gasteiger partial charge is 0.462 e. The third kappa shape index (κ3) is 37.6. The van der Waals surface area contributed by atoms with E-state index in [1.54, 1.807) is 71.3 Å². The molecule has 21 atom stereocenters. The van der Waals surface area contributed by atoms with Gasteiger partial charge in [0.2, 0.25) is 17.7 Å². The molecule has 0 saturated carbocycles. The molecule has 1 unspecified atom stereocenters. The molecule has 6 amide bonds. The second kappa shape index (κ2) is 56.9. The summed E-state index contributed by atoms with van der Waals surface area (Å²) in [4.78, 5) is 122. The molecular formula is C93H152F3N11O18S. The number of hydrogen-bond donors (Lipinski definition) is 9. The normalized spacial score (nSPS) is 25.6. The van der Waals surface area contributed by atoms with E-state index >= 15 is 0 Å². The molecule has 2 fully saturated rings. The number of allylic oxidation sites excluding steroid dienone is 3. The highest BCUT2D eigenvalue weighted by molar-refractivity contribution is 8.00. The van der Waals surface area contributed by atoms with E-state index in [0.29, 0.717) is 115 Å². The summed E-state index contributed by atoms with van der Waals surface area (Å²) in [6.45, 7) is 21.0. The molecule has 0 aromatic heterocycles. The van der Waals surface area contributed by atoms with Crippen LogP contribution >= 0.6 is 11.8 Å². The van der Waals surface area contributed by atoms with Gasteiger partial charge in [-0.3, -0.25) is 43.4 Å². The number of methoxy groups -OCH3 is 3. The van der Waals surface area contributed by atoms with Gasteiger partial charge in [-0.25, -0.2) is 9.59 Å². The molecule has 9 N–H and O–H groups in total. The Bertz CT molecular complexity index is 3640. The topological polar surface area (TPSA) is 374 Å². The summed E-state index contributed by atoms with van der Waals surface area (Å²) in [5, 5.41) is 52.1. The second-order valence-corrected chi connectivity index (χ2v) is 36.9. The van der Waals surface area contributed by atoms with Crippen molar-refractivity contribution in [2.45, 2.75) is 313 Å². The van der Waals surface area contributed by atoms with Crippen LogP contribution in [0.1, 0.15) is 233 Å². The summed E-state index contributed by atoms with van der Waals surface area (Å²) in [6, 6.07) is 2.66. The Morgan fingerprint density at radius 3 is 1.99 bits per heavy atom. The average Bonchev–Trinajstić information content (AvgIpc) is 1.58. The quantitative estimate of drug-likeness (QED) is 0.00962. The van der Waals surface area contributed by atoms with E-state index in [4.69, 9.17) is 33.2 Å². The number of amides is 6. The molecule has 1 aromatic carbocycles. The zero-order chi connectivity index (χ0) is 93.2. The van der Waals surface area contributed by atoms with Gasteiger partial charge in [-0.1, -0.05) is 110 Å². The van der Waals surface area contributed by atoms with Crippen molar-refractivity contribution < 1.29 is 99.7 Å². The predicted molar refractivity (Wildman–Crippen MR) is 480 cm³/mol. The van der Waals surface area contributed by atoms with E-state index in [1.807, 2.05) is 65.5 Å². The Morgan fingerprint density at radius 2 is 1.37 bits per heavy atom. The Morgan fingerprint density at radius 1 is 0.722 bits per heavy atom. The number of urea groups is 1. The molecule has 1 aromatic rings. The van der Waals surface area contributed by atoms with E-state index < -0.39 is 126 Å². The number of rotatable bonds is 49. The lowest BCUT2D eigenvalue weighted by atomic mass is 9.81. The van der Waals surface area contributed by atoms with E-state index in [-0.39, 0.29) is 110 Å². The highest BCUT2D eigenvalue weighted by Gasteiger charge is 2.65. The maximum absolute atomic E-state index is 14.0. The van der Waals surface area contributed by atoms with Gasteiger partial charge in [0.15, 0.2) is 0 Å². The summed E-state index contributed by atoms with van der Waals surface area (Å²) >= 11 is 1.87. The fourth-order valence-electron chi connectivity index (χ4n) is 16.3. The first-order valence-corrected chi connectivity index (χ1v) is 46.7. The number of aliphatic hydroxyl groups is 2. The molecule has 29 nitrogen and oxygen atoms in total. The number of ether oxygens (including phenoxy) is 7. The number of cyclic esters (lactones) is 1. The number of nitrogens with zero attached hydrogens (tertiary/aromatic N) is 4. The zero-order valence-corrected chi connectivity index (χ0v) is 78.8. The summed E-state index contributed by atoms with van der Waals surface area (Å²) in [5.74, 6) is -4.80. The maximum atomic E-state index is 14.0. The highest BCUT2D eigenvalue weighted by Crippen LogP contribution is 2.52. The molecule has 5 rings (SSSR count). The SMILES string of the molecule is COC[C@@H](C(=O)OC1C/C=C/C=C/C(=O)O[C@H]([C@@H](C)[C@@H](O)[C@@H](C)CC[C@@H](OC(=O)[C@H](C)N(C)C)[C@H](C)[C@H](OC(C)=O)[C@H](C)CCNCCCC[C@H](NC(=O)c2ccc(C3(C(F)(F)F)N=N3)cc2)C(=O)NCCCCCNC(=O)CCCCCNC(=O)CCCC[C@@H]2SC[C@@H]3NC(=O)N[C@@H]32)C/C=C/[C@H](OC)C[C@H](C)C/C=C(\C)[C@@H](OC)CC[C@@H](C)[C@@H](O)[C@@H]1C)N(C)C. The van der Waals surface area contributed by atoms with Gasteiger partial charge in [0.05, 0.1) is 43.1 Å². The van der Waals surface area contributed by atoms with Crippen LogP contribution in [0.3, 0.4) is 0 Å². The van der Waals surface area contributed by atoms with Gasteiger partial charge in [0.25, 0.3) is 5.91 Å². The number of thioether (sulfide) groups is 1. The molecule has 126 heavy (non-hydrogen) atoms. The minimum absolute atomic E-state index is 0.0145. The van der Waals surface area contributed by atoms with E-state index in [9.17, 15) is 66.5 Å². The lowest BCUT2D eigenvalue weighted by molar-refractivity contribution is -0.167. The lowest BCUT2D eigenvalue weighted by Crippen LogP contribution is -2.47. The maximum Gasteiger partial charge on any atom is 0.442 e. The summed E-state index contributed by atoms with van der Waals surface area (Å²) in [6.07, 6.45) is 15.3. The van der Waals surface area contributed by atoms with Gasteiger partial charge in [-0.2, -0.15) is 24.9 Å². The summed E-state index contributed by atoms with van der Waals surface area (Å²) < 4.78 is 83.7. The van der Waals surface area contributed by atoms with E-state index in [0.717, 1.165) is 62.0 Å². The Balaban J connectivity index is 1.18. The fourth-order valence-corrected chi connectivity index (χ4v) is 17.8. The fraction of sp³-hybridized carbons (Fsp3) is 0.753. The minimum atomic E-state index is -4.76. The van der Waals surface area contributed by atoms with Gasteiger partial charge in [0, 0.05) is 120 Å². The predicted octanol–water partition coefficient (Wildman–Crippen LogP) is 12.1. The monoisotopic (exact) mass is 1800 g/mol. The number of unbranched alkanes of at least 4 members (excludes halogenated alkanes) is 6. The third-order valence-electron chi connectivity index (χ3n) is 25.1. The number of carbonyl (C=O) groups is 9. The molecule has 4 aliphatic heterocycles. The van der Waals surface area contributed by atoms with Crippen molar-refractivity contribution in [3.05, 3.63) is 83.5 Å². The van der Waals surface area contributed by atoms with Crippen molar-refractivity contribution in [2.24, 2.45) is 51.7 Å². The number of nitrogens with one attached hydrogen (secondary N) is 7. The van der Waals surface area contributed by atoms with Crippen LogP contribution < -0.4 is 37.2 Å². The van der Waals surface area contributed by atoms with Gasteiger partial charge < -0.3 is 80.6 Å². The smallest absolute Gasteiger partial charge is 0.442 e. The van der Waals surface area contributed by atoms with Crippen molar-refractivity contribution >= 4 is 65.3 Å². The number of alkyl halides is 3. The molecule has 2 saturated heterocycles.